The lowest BCUT2D eigenvalue weighted by Gasteiger charge is -2.20. The molecular formula is C13H27N3O2. The third kappa shape index (κ3) is 8.98. The summed E-state index contributed by atoms with van der Waals surface area (Å²) in [6.45, 7) is 8.83. The largest absolute Gasteiger partial charge is 0.355 e. The summed E-state index contributed by atoms with van der Waals surface area (Å²) in [6.07, 6.45) is 2.79. The van der Waals surface area contributed by atoms with Crippen LogP contribution in [0.3, 0.4) is 0 Å². The van der Waals surface area contributed by atoms with E-state index in [1.165, 1.54) is 0 Å². The Kier molecular flexibility index (Phi) is 10.3. The van der Waals surface area contributed by atoms with E-state index in [-0.39, 0.29) is 11.8 Å². The Hall–Kier alpha value is -1.10. The molecule has 0 aliphatic heterocycles. The van der Waals surface area contributed by atoms with E-state index in [1.54, 1.807) is 0 Å². The minimum Gasteiger partial charge on any atom is -0.355 e. The molecule has 0 aromatic heterocycles. The summed E-state index contributed by atoms with van der Waals surface area (Å²) in [5, 5.41) is 5.65. The first-order valence-electron chi connectivity index (χ1n) is 6.89. The number of nitrogens with one attached hydrogen (secondary N) is 2. The van der Waals surface area contributed by atoms with Crippen LogP contribution in [-0.2, 0) is 9.59 Å². The third-order valence-corrected chi connectivity index (χ3v) is 2.42. The third-order valence-electron chi connectivity index (χ3n) is 2.42. The molecule has 0 aromatic carbocycles. The van der Waals surface area contributed by atoms with Crippen molar-refractivity contribution in [2.24, 2.45) is 0 Å². The number of amides is 2. The van der Waals surface area contributed by atoms with E-state index >= 15 is 0 Å². The van der Waals surface area contributed by atoms with Gasteiger partial charge >= 0.3 is 0 Å². The lowest BCUT2D eigenvalue weighted by Crippen LogP contribution is -2.43. The molecule has 18 heavy (non-hydrogen) atoms. The lowest BCUT2D eigenvalue weighted by molar-refractivity contribution is -0.125. The van der Waals surface area contributed by atoms with Crippen LogP contribution in [0.2, 0.25) is 0 Å². The van der Waals surface area contributed by atoms with E-state index in [9.17, 15) is 9.59 Å². The molecule has 2 amide bonds. The van der Waals surface area contributed by atoms with Gasteiger partial charge in [-0.3, -0.25) is 14.5 Å². The second-order valence-corrected chi connectivity index (χ2v) is 4.41. The molecule has 0 atom stereocenters. The van der Waals surface area contributed by atoms with Crippen molar-refractivity contribution in [3.63, 3.8) is 0 Å². The van der Waals surface area contributed by atoms with Gasteiger partial charge in [0.2, 0.25) is 11.8 Å². The van der Waals surface area contributed by atoms with Crippen molar-refractivity contribution < 1.29 is 9.59 Å². The van der Waals surface area contributed by atoms with E-state index in [4.69, 9.17) is 0 Å². The Bertz CT molecular complexity index is 222. The minimum atomic E-state index is -0.00593. The van der Waals surface area contributed by atoms with Crippen molar-refractivity contribution in [2.75, 3.05) is 32.7 Å². The molecule has 0 aliphatic rings. The Morgan fingerprint density at radius 1 is 0.833 bits per heavy atom. The molecule has 0 unspecified atom stereocenters. The molecule has 0 spiro atoms. The second kappa shape index (κ2) is 11.0. The van der Waals surface area contributed by atoms with E-state index in [1.807, 2.05) is 25.7 Å². The maximum absolute atomic E-state index is 11.6. The molecule has 0 bridgehead atoms. The first-order valence-corrected chi connectivity index (χ1v) is 6.89. The first kappa shape index (κ1) is 16.9. The van der Waals surface area contributed by atoms with Crippen molar-refractivity contribution in [1.82, 2.24) is 15.5 Å². The maximum atomic E-state index is 11.6. The molecule has 106 valence electrons. The summed E-state index contributed by atoms with van der Waals surface area (Å²) in [7, 11) is 0. The summed E-state index contributed by atoms with van der Waals surface area (Å²) in [5.74, 6) is -0.0119. The van der Waals surface area contributed by atoms with Crippen molar-refractivity contribution in [2.45, 2.75) is 40.0 Å². The summed E-state index contributed by atoms with van der Waals surface area (Å²) in [5.41, 5.74) is 0. The van der Waals surface area contributed by atoms with Crippen molar-refractivity contribution in [3.8, 4) is 0 Å². The zero-order valence-electron chi connectivity index (χ0n) is 11.9. The SMILES string of the molecule is CCCNC(=O)CN(CCC)CC(=O)NCCC. The van der Waals surface area contributed by atoms with Crippen LogP contribution in [0.15, 0.2) is 0 Å². The highest BCUT2D eigenvalue weighted by atomic mass is 16.2. The van der Waals surface area contributed by atoms with Crippen LogP contribution in [0, 0.1) is 0 Å². The molecule has 0 heterocycles. The fourth-order valence-electron chi connectivity index (χ4n) is 1.58. The van der Waals surface area contributed by atoms with Crippen LogP contribution in [0.5, 0.6) is 0 Å². The number of nitrogens with zero attached hydrogens (tertiary/aromatic N) is 1. The van der Waals surface area contributed by atoms with Gasteiger partial charge in [0.15, 0.2) is 0 Å². The van der Waals surface area contributed by atoms with Crippen LogP contribution in [0.25, 0.3) is 0 Å². The number of carbonyl (C=O) groups excluding carboxylic acids is 2. The summed E-state index contributed by atoms with van der Waals surface area (Å²) < 4.78 is 0. The van der Waals surface area contributed by atoms with Gasteiger partial charge in [-0.25, -0.2) is 0 Å². The topological polar surface area (TPSA) is 61.4 Å². The molecule has 0 aromatic rings. The Labute approximate surface area is 110 Å². The highest BCUT2D eigenvalue weighted by Crippen LogP contribution is 1.91. The number of carbonyl (C=O) groups is 2. The fraction of sp³-hybridized carbons (Fsp3) is 0.846. The predicted octanol–water partition coefficient (Wildman–Crippen LogP) is 0.751. The summed E-state index contributed by atoms with van der Waals surface area (Å²) >= 11 is 0. The van der Waals surface area contributed by atoms with E-state index in [2.05, 4.69) is 10.6 Å². The van der Waals surface area contributed by atoms with Crippen LogP contribution in [0.4, 0.5) is 0 Å². The highest BCUT2D eigenvalue weighted by Gasteiger charge is 2.13. The monoisotopic (exact) mass is 257 g/mol. The van der Waals surface area contributed by atoms with Gasteiger partial charge in [-0.1, -0.05) is 20.8 Å². The van der Waals surface area contributed by atoms with Gasteiger partial charge in [-0.15, -0.1) is 0 Å². The Morgan fingerprint density at radius 3 is 1.61 bits per heavy atom. The van der Waals surface area contributed by atoms with Gasteiger partial charge < -0.3 is 10.6 Å². The molecule has 0 fully saturated rings. The molecule has 2 N–H and O–H groups in total. The standard InChI is InChI=1S/C13H27N3O2/c1-4-7-14-12(17)10-16(9-6-3)11-13(18)15-8-5-2/h4-11H2,1-3H3,(H,14,17)(H,15,18). The molecular weight excluding hydrogens is 230 g/mol. The average molecular weight is 257 g/mol. The summed E-state index contributed by atoms with van der Waals surface area (Å²) in [6, 6.07) is 0. The van der Waals surface area contributed by atoms with Gasteiger partial charge in [0.25, 0.3) is 0 Å². The van der Waals surface area contributed by atoms with Gasteiger partial charge in [0, 0.05) is 13.1 Å². The Morgan fingerprint density at radius 2 is 1.28 bits per heavy atom. The van der Waals surface area contributed by atoms with Crippen LogP contribution in [0.1, 0.15) is 40.0 Å². The first-order chi connectivity index (χ1) is 8.63. The van der Waals surface area contributed by atoms with Crippen LogP contribution >= 0.6 is 0 Å². The smallest absolute Gasteiger partial charge is 0.234 e. The zero-order chi connectivity index (χ0) is 13.8. The molecule has 0 radical (unpaired) electrons. The average Bonchev–Trinajstić information content (AvgIpc) is 2.34. The van der Waals surface area contributed by atoms with E-state index in [0.29, 0.717) is 26.2 Å². The second-order valence-electron chi connectivity index (χ2n) is 4.41. The molecule has 0 aliphatic carbocycles. The number of hydrogen-bond acceptors (Lipinski definition) is 3. The molecule has 0 saturated carbocycles. The highest BCUT2D eigenvalue weighted by molar-refractivity contribution is 5.81. The zero-order valence-corrected chi connectivity index (χ0v) is 11.9. The van der Waals surface area contributed by atoms with Gasteiger partial charge in [-0.05, 0) is 25.8 Å². The predicted molar refractivity (Wildman–Crippen MR) is 73.3 cm³/mol. The lowest BCUT2D eigenvalue weighted by atomic mass is 10.3. The van der Waals surface area contributed by atoms with Crippen LogP contribution < -0.4 is 10.6 Å². The Balaban J connectivity index is 4.04. The molecule has 5 heteroatoms. The van der Waals surface area contributed by atoms with Crippen molar-refractivity contribution in [1.29, 1.82) is 0 Å². The normalized spacial score (nSPS) is 10.4. The quantitative estimate of drug-likeness (QED) is 0.607. The van der Waals surface area contributed by atoms with Gasteiger partial charge in [0.1, 0.15) is 0 Å². The van der Waals surface area contributed by atoms with Crippen molar-refractivity contribution >= 4 is 11.8 Å². The minimum absolute atomic E-state index is 0.00593. The number of rotatable bonds is 10. The molecule has 0 saturated heterocycles. The van der Waals surface area contributed by atoms with E-state index in [0.717, 1.165) is 25.8 Å². The fourth-order valence-corrected chi connectivity index (χ4v) is 1.58. The van der Waals surface area contributed by atoms with Crippen molar-refractivity contribution in [3.05, 3.63) is 0 Å². The van der Waals surface area contributed by atoms with Gasteiger partial charge in [-0.2, -0.15) is 0 Å². The molecule has 0 rings (SSSR count). The van der Waals surface area contributed by atoms with Gasteiger partial charge in [0.05, 0.1) is 13.1 Å². The maximum Gasteiger partial charge on any atom is 0.234 e. The van der Waals surface area contributed by atoms with Crippen LogP contribution in [-0.4, -0.2) is 49.4 Å². The number of hydrogen-bond donors (Lipinski definition) is 2. The molecule has 5 nitrogen and oxygen atoms in total. The summed E-state index contributed by atoms with van der Waals surface area (Å²) in [4.78, 5) is 25.1. The van der Waals surface area contributed by atoms with E-state index < -0.39 is 0 Å².